The maximum absolute atomic E-state index is 12.3. The van der Waals surface area contributed by atoms with Crippen LogP contribution >= 0.6 is 0 Å². The highest BCUT2D eigenvalue weighted by atomic mass is 16.6. The average molecular weight is 295 g/mol. The van der Waals surface area contributed by atoms with Crippen molar-refractivity contribution in [2.24, 2.45) is 0 Å². The number of fused-ring (bicyclic) bond motifs is 2. The molecule has 0 spiro atoms. The smallest absolute Gasteiger partial charge is 0.410 e. The Balaban J connectivity index is 1.60. The van der Waals surface area contributed by atoms with Gasteiger partial charge in [0.2, 0.25) is 0 Å². The van der Waals surface area contributed by atoms with E-state index in [-0.39, 0.29) is 6.09 Å². The van der Waals surface area contributed by atoms with Gasteiger partial charge in [-0.05, 0) is 60.0 Å². The highest BCUT2D eigenvalue weighted by molar-refractivity contribution is 5.70. The molecule has 0 aromatic heterocycles. The van der Waals surface area contributed by atoms with E-state index in [0.717, 1.165) is 32.6 Å². The van der Waals surface area contributed by atoms with Crippen molar-refractivity contribution in [1.29, 1.82) is 0 Å². The third-order valence-electron chi connectivity index (χ3n) is 5.24. The van der Waals surface area contributed by atoms with Crippen LogP contribution in [0.3, 0.4) is 0 Å². The summed E-state index contributed by atoms with van der Waals surface area (Å²) in [5.74, 6) is 0. The largest absolute Gasteiger partial charge is 0.444 e. The number of nitrogens with zero attached hydrogens (tertiary/aromatic N) is 2. The first-order chi connectivity index (χ1) is 9.78. The number of hydrogen-bond acceptors (Lipinski definition) is 4. The van der Waals surface area contributed by atoms with E-state index in [4.69, 9.17) is 4.74 Å². The maximum atomic E-state index is 12.3. The summed E-state index contributed by atoms with van der Waals surface area (Å²) in [7, 11) is 0. The number of nitrogens with one attached hydrogen (secondary N) is 1. The molecular weight excluding hydrogens is 266 g/mol. The second-order valence-electron chi connectivity index (χ2n) is 8.08. The summed E-state index contributed by atoms with van der Waals surface area (Å²) in [6.45, 7) is 12.4. The molecule has 4 heterocycles. The van der Waals surface area contributed by atoms with Gasteiger partial charge in [-0.1, -0.05) is 0 Å². The lowest BCUT2D eigenvalue weighted by atomic mass is 9.81. The van der Waals surface area contributed by atoms with Gasteiger partial charge in [0.05, 0.1) is 12.1 Å². The minimum atomic E-state index is -0.401. The lowest BCUT2D eigenvalue weighted by Crippen LogP contribution is -2.73. The Bertz CT molecular complexity index is 400. The maximum Gasteiger partial charge on any atom is 0.410 e. The van der Waals surface area contributed by atoms with Crippen molar-refractivity contribution in [2.75, 3.05) is 26.2 Å². The summed E-state index contributed by atoms with van der Waals surface area (Å²) in [6.07, 6.45) is 3.43. The highest BCUT2D eigenvalue weighted by Crippen LogP contribution is 2.38. The molecule has 2 unspecified atom stereocenters. The van der Waals surface area contributed by atoms with Gasteiger partial charge in [0.15, 0.2) is 0 Å². The molecule has 21 heavy (non-hydrogen) atoms. The Morgan fingerprint density at radius 2 is 1.76 bits per heavy atom. The molecule has 2 bridgehead atoms. The molecule has 0 saturated carbocycles. The third kappa shape index (κ3) is 2.90. The minimum absolute atomic E-state index is 0.126. The third-order valence-corrected chi connectivity index (χ3v) is 5.24. The zero-order chi connectivity index (χ0) is 15.3. The molecule has 120 valence electrons. The summed E-state index contributed by atoms with van der Waals surface area (Å²) in [5, 5.41) is 3.44. The first-order valence-electron chi connectivity index (χ1n) is 8.26. The Hall–Kier alpha value is -0.810. The summed E-state index contributed by atoms with van der Waals surface area (Å²) >= 11 is 0. The van der Waals surface area contributed by atoms with Crippen LogP contribution in [-0.4, -0.2) is 65.3 Å². The minimum Gasteiger partial charge on any atom is -0.444 e. The molecular formula is C16H29N3O2. The van der Waals surface area contributed by atoms with Gasteiger partial charge in [-0.2, -0.15) is 0 Å². The van der Waals surface area contributed by atoms with Gasteiger partial charge in [0.1, 0.15) is 5.60 Å². The molecule has 4 fully saturated rings. The fraction of sp³-hybridized carbons (Fsp3) is 0.938. The number of piperazine rings is 1. The molecule has 4 aliphatic rings. The number of rotatable bonds is 1. The average Bonchev–Trinajstić information content (AvgIpc) is 2.37. The van der Waals surface area contributed by atoms with Gasteiger partial charge in [0.25, 0.3) is 0 Å². The van der Waals surface area contributed by atoms with Crippen LogP contribution in [0, 0.1) is 0 Å². The van der Waals surface area contributed by atoms with Gasteiger partial charge in [-0.25, -0.2) is 4.79 Å². The van der Waals surface area contributed by atoms with Crippen LogP contribution in [-0.2, 0) is 4.74 Å². The molecule has 2 atom stereocenters. The summed E-state index contributed by atoms with van der Waals surface area (Å²) in [4.78, 5) is 16.9. The number of ether oxygens (including phenoxy) is 1. The van der Waals surface area contributed by atoms with Gasteiger partial charge in [-0.15, -0.1) is 0 Å². The zero-order valence-corrected chi connectivity index (χ0v) is 13.8. The zero-order valence-electron chi connectivity index (χ0n) is 13.8. The predicted molar refractivity (Wildman–Crippen MR) is 82.3 cm³/mol. The Labute approximate surface area is 128 Å². The molecule has 0 radical (unpaired) electrons. The first-order valence-corrected chi connectivity index (χ1v) is 8.26. The summed E-state index contributed by atoms with van der Waals surface area (Å²) < 4.78 is 5.54. The lowest BCUT2D eigenvalue weighted by molar-refractivity contribution is -0.105. The van der Waals surface area contributed by atoms with E-state index in [1.165, 1.54) is 12.8 Å². The fourth-order valence-corrected chi connectivity index (χ4v) is 3.94. The van der Waals surface area contributed by atoms with Crippen LogP contribution in [0.5, 0.6) is 0 Å². The molecule has 5 heteroatoms. The van der Waals surface area contributed by atoms with E-state index in [2.05, 4.69) is 17.1 Å². The molecule has 4 aliphatic heterocycles. The second kappa shape index (κ2) is 5.13. The van der Waals surface area contributed by atoms with Crippen molar-refractivity contribution in [3.63, 3.8) is 0 Å². The Morgan fingerprint density at radius 1 is 1.19 bits per heavy atom. The topological polar surface area (TPSA) is 44.8 Å². The molecule has 0 aliphatic carbocycles. The van der Waals surface area contributed by atoms with E-state index in [1.807, 2.05) is 25.7 Å². The second-order valence-corrected chi connectivity index (χ2v) is 8.08. The lowest BCUT2D eigenvalue weighted by Gasteiger charge is -2.60. The standard InChI is InChI=1S/C16H29N3O2/c1-15(2,3)21-14(20)19-12-9-13(19)11-18(10-12)16(4)5-7-17-8-6-16/h12-13,17H,5-11H2,1-4H3. The molecule has 0 aromatic carbocycles. The molecule has 1 N–H and O–H groups in total. The van der Waals surface area contributed by atoms with E-state index >= 15 is 0 Å². The van der Waals surface area contributed by atoms with Crippen molar-refractivity contribution in [3.8, 4) is 0 Å². The SMILES string of the molecule is CC(C)(C)OC(=O)N1C2CC1CN(C1(C)CCNCC1)C2. The number of carbonyl (C=O) groups is 1. The normalized spacial score (nSPS) is 32.5. The van der Waals surface area contributed by atoms with Crippen LogP contribution in [0.15, 0.2) is 0 Å². The van der Waals surface area contributed by atoms with Crippen molar-refractivity contribution >= 4 is 6.09 Å². The van der Waals surface area contributed by atoms with Crippen LogP contribution in [0.2, 0.25) is 0 Å². The Morgan fingerprint density at radius 3 is 2.29 bits per heavy atom. The van der Waals surface area contributed by atoms with E-state index < -0.39 is 5.60 Å². The van der Waals surface area contributed by atoms with Gasteiger partial charge >= 0.3 is 6.09 Å². The van der Waals surface area contributed by atoms with Crippen molar-refractivity contribution in [2.45, 2.75) is 70.2 Å². The molecule has 0 aromatic rings. The van der Waals surface area contributed by atoms with E-state index in [1.54, 1.807) is 0 Å². The van der Waals surface area contributed by atoms with Gasteiger partial charge < -0.3 is 10.1 Å². The van der Waals surface area contributed by atoms with Gasteiger partial charge in [-0.3, -0.25) is 9.80 Å². The van der Waals surface area contributed by atoms with E-state index in [0.29, 0.717) is 17.6 Å². The van der Waals surface area contributed by atoms with Crippen LogP contribution in [0.1, 0.15) is 47.0 Å². The van der Waals surface area contributed by atoms with Gasteiger partial charge in [0, 0.05) is 18.6 Å². The quantitative estimate of drug-likeness (QED) is 0.801. The highest BCUT2D eigenvalue weighted by Gasteiger charge is 2.51. The number of hydrogen-bond donors (Lipinski definition) is 1. The van der Waals surface area contributed by atoms with Crippen molar-refractivity contribution < 1.29 is 9.53 Å². The predicted octanol–water partition coefficient (Wildman–Crippen LogP) is 1.82. The molecule has 4 saturated heterocycles. The molecule has 1 amide bonds. The molecule has 5 nitrogen and oxygen atoms in total. The number of piperidine rings is 2. The number of carbonyl (C=O) groups excluding carboxylic acids is 1. The van der Waals surface area contributed by atoms with Crippen LogP contribution < -0.4 is 5.32 Å². The monoisotopic (exact) mass is 295 g/mol. The van der Waals surface area contributed by atoms with Crippen LogP contribution in [0.25, 0.3) is 0 Å². The Kier molecular flexibility index (Phi) is 3.69. The summed E-state index contributed by atoms with van der Waals surface area (Å²) in [6, 6.07) is 0.704. The number of amides is 1. The fourth-order valence-electron chi connectivity index (χ4n) is 3.94. The molecule has 4 rings (SSSR count). The van der Waals surface area contributed by atoms with E-state index in [9.17, 15) is 4.79 Å². The van der Waals surface area contributed by atoms with Crippen molar-refractivity contribution in [1.82, 2.24) is 15.1 Å². The first kappa shape index (κ1) is 15.1. The van der Waals surface area contributed by atoms with Crippen molar-refractivity contribution in [3.05, 3.63) is 0 Å². The van der Waals surface area contributed by atoms with Crippen LogP contribution in [0.4, 0.5) is 4.79 Å². The summed E-state index contributed by atoms with van der Waals surface area (Å²) in [5.41, 5.74) is -0.0934.